The maximum Gasteiger partial charge on any atom is 0.308 e. The minimum absolute atomic E-state index is 0.0106. The van der Waals surface area contributed by atoms with Gasteiger partial charge in [-0.15, -0.1) is 0 Å². The third kappa shape index (κ3) is 13.0. The summed E-state index contributed by atoms with van der Waals surface area (Å²) in [6.45, 7) is 0.858. The first-order valence-electron chi connectivity index (χ1n) is 11.9. The zero-order chi connectivity index (χ0) is 23.7. The van der Waals surface area contributed by atoms with Gasteiger partial charge in [0.1, 0.15) is 6.61 Å². The average Bonchev–Trinajstić information content (AvgIpc) is 3.30. The summed E-state index contributed by atoms with van der Waals surface area (Å²) in [6.07, 6.45) is 11.7. The van der Waals surface area contributed by atoms with Crippen LogP contribution in [0.5, 0.6) is 0 Å². The molecule has 1 N–H and O–H groups in total. The number of nitrogens with one attached hydrogen (secondary N) is 1. The molecular formula is C27H38N2O3S. The Hall–Kier alpha value is -2.44. The summed E-state index contributed by atoms with van der Waals surface area (Å²) >= 11 is 1.72. The van der Waals surface area contributed by atoms with Crippen LogP contribution < -0.4 is 5.32 Å². The van der Waals surface area contributed by atoms with Crippen LogP contribution in [0.2, 0.25) is 0 Å². The molecule has 0 aliphatic heterocycles. The van der Waals surface area contributed by atoms with Gasteiger partial charge in [-0.3, -0.25) is 9.59 Å². The Balaban J connectivity index is 1.57. The number of carbonyl (C=O) groups is 2. The molecule has 0 fully saturated rings. The first-order chi connectivity index (χ1) is 16.0. The van der Waals surface area contributed by atoms with Crippen LogP contribution in [0.25, 0.3) is 6.08 Å². The standard InChI is InChI=1S/C27H38N2O3S/c1-29(2)20-25(19-27(31)32-21-23-13-10-8-11-14-23)28-26(30)16-12-7-5-3-4-6-9-15-24-17-18-33-22-24/h8-11,13-15,17-18,22,25H,3-7,12,16,19-21H2,1-2H3,(H,28,30)/b15-9+. The molecule has 180 valence electrons. The number of hydrogen-bond acceptors (Lipinski definition) is 5. The van der Waals surface area contributed by atoms with E-state index in [2.05, 4.69) is 34.3 Å². The van der Waals surface area contributed by atoms with Crippen molar-refractivity contribution in [3.8, 4) is 0 Å². The van der Waals surface area contributed by atoms with Gasteiger partial charge in [0.25, 0.3) is 0 Å². The highest BCUT2D eigenvalue weighted by Gasteiger charge is 2.18. The van der Waals surface area contributed by atoms with Crippen LogP contribution in [0, 0.1) is 0 Å². The first kappa shape index (κ1) is 26.8. The number of amides is 1. The van der Waals surface area contributed by atoms with E-state index in [0.717, 1.165) is 31.2 Å². The van der Waals surface area contributed by atoms with Gasteiger partial charge in [0.2, 0.25) is 5.91 Å². The summed E-state index contributed by atoms with van der Waals surface area (Å²) in [4.78, 5) is 26.6. The number of ether oxygens (including phenoxy) is 1. The van der Waals surface area contributed by atoms with Gasteiger partial charge < -0.3 is 15.0 Å². The Morgan fingerprint density at radius 3 is 2.55 bits per heavy atom. The molecule has 0 radical (unpaired) electrons. The van der Waals surface area contributed by atoms with Gasteiger partial charge in [0, 0.05) is 13.0 Å². The van der Waals surface area contributed by atoms with Gasteiger partial charge in [0.15, 0.2) is 0 Å². The van der Waals surface area contributed by atoms with Gasteiger partial charge in [-0.05, 0) is 61.3 Å². The number of thiophene rings is 1. The Bertz CT molecular complexity index is 819. The van der Waals surface area contributed by atoms with E-state index >= 15 is 0 Å². The van der Waals surface area contributed by atoms with Crippen LogP contribution in [0.1, 0.15) is 62.5 Å². The minimum atomic E-state index is -0.293. The van der Waals surface area contributed by atoms with Crippen molar-refractivity contribution in [2.24, 2.45) is 0 Å². The van der Waals surface area contributed by atoms with Crippen molar-refractivity contribution >= 4 is 29.3 Å². The number of rotatable bonds is 16. The Morgan fingerprint density at radius 2 is 1.82 bits per heavy atom. The minimum Gasteiger partial charge on any atom is -0.461 e. The lowest BCUT2D eigenvalue weighted by Crippen LogP contribution is -2.43. The lowest BCUT2D eigenvalue weighted by molar-refractivity contribution is -0.145. The number of hydrogen-bond donors (Lipinski definition) is 1. The molecule has 0 aliphatic carbocycles. The molecule has 1 amide bonds. The molecule has 2 rings (SSSR count). The number of esters is 1. The van der Waals surface area contributed by atoms with Gasteiger partial charge in [-0.25, -0.2) is 0 Å². The summed E-state index contributed by atoms with van der Waals surface area (Å²) in [7, 11) is 3.87. The molecule has 5 nitrogen and oxygen atoms in total. The smallest absolute Gasteiger partial charge is 0.308 e. The number of carbonyl (C=O) groups excluding carboxylic acids is 2. The van der Waals surface area contributed by atoms with Crippen LogP contribution in [0.15, 0.2) is 53.2 Å². The van der Waals surface area contributed by atoms with Crippen molar-refractivity contribution in [2.75, 3.05) is 20.6 Å². The molecule has 2 aromatic rings. The molecule has 0 saturated heterocycles. The van der Waals surface area contributed by atoms with Crippen molar-refractivity contribution in [3.63, 3.8) is 0 Å². The molecule has 1 aromatic carbocycles. The third-order valence-corrected chi connectivity index (χ3v) is 5.94. The van der Waals surface area contributed by atoms with Crippen molar-refractivity contribution in [1.82, 2.24) is 10.2 Å². The normalized spacial score (nSPS) is 12.2. The second-order valence-corrected chi connectivity index (χ2v) is 9.42. The van der Waals surface area contributed by atoms with Gasteiger partial charge in [-0.2, -0.15) is 11.3 Å². The van der Waals surface area contributed by atoms with Crippen LogP contribution in [0.4, 0.5) is 0 Å². The van der Waals surface area contributed by atoms with Gasteiger partial charge in [-0.1, -0.05) is 61.7 Å². The average molecular weight is 471 g/mol. The fourth-order valence-corrected chi connectivity index (χ4v) is 4.20. The van der Waals surface area contributed by atoms with Gasteiger partial charge >= 0.3 is 5.97 Å². The van der Waals surface area contributed by atoms with E-state index < -0.39 is 0 Å². The zero-order valence-electron chi connectivity index (χ0n) is 20.0. The monoisotopic (exact) mass is 470 g/mol. The fraction of sp³-hybridized carbons (Fsp3) is 0.481. The second kappa shape index (κ2) is 16.2. The third-order valence-electron chi connectivity index (χ3n) is 5.23. The molecular weight excluding hydrogens is 432 g/mol. The summed E-state index contributed by atoms with van der Waals surface area (Å²) in [5, 5.41) is 7.26. The predicted molar refractivity (Wildman–Crippen MR) is 137 cm³/mol. The SMILES string of the molecule is CN(C)CC(CC(=O)OCc1ccccc1)NC(=O)CCCCCCC/C=C/c1ccsc1. The molecule has 0 saturated carbocycles. The summed E-state index contributed by atoms with van der Waals surface area (Å²) in [5.41, 5.74) is 2.24. The highest BCUT2D eigenvalue weighted by molar-refractivity contribution is 7.08. The quantitative estimate of drug-likeness (QED) is 0.254. The number of nitrogens with zero attached hydrogens (tertiary/aromatic N) is 1. The molecule has 1 atom stereocenters. The maximum absolute atomic E-state index is 12.4. The van der Waals surface area contributed by atoms with Crippen LogP contribution >= 0.6 is 11.3 Å². The number of allylic oxidation sites excluding steroid dienone is 1. The van der Waals surface area contributed by atoms with Crippen molar-refractivity contribution < 1.29 is 14.3 Å². The molecule has 6 heteroatoms. The Kier molecular flexibility index (Phi) is 13.2. The largest absolute Gasteiger partial charge is 0.461 e. The molecule has 33 heavy (non-hydrogen) atoms. The molecule has 1 heterocycles. The van der Waals surface area contributed by atoms with E-state index in [-0.39, 0.29) is 30.9 Å². The fourth-order valence-electron chi connectivity index (χ4n) is 3.57. The first-order valence-corrected chi connectivity index (χ1v) is 12.8. The number of benzene rings is 1. The second-order valence-electron chi connectivity index (χ2n) is 8.64. The van der Waals surface area contributed by atoms with E-state index in [9.17, 15) is 9.59 Å². The van der Waals surface area contributed by atoms with Crippen LogP contribution in [0.3, 0.4) is 0 Å². The topological polar surface area (TPSA) is 58.6 Å². The predicted octanol–water partition coefficient (Wildman–Crippen LogP) is 5.67. The van der Waals surface area contributed by atoms with Crippen molar-refractivity contribution in [3.05, 3.63) is 64.4 Å². The summed E-state index contributed by atoms with van der Waals surface area (Å²) in [5.74, 6) is -0.282. The molecule has 1 unspecified atom stereocenters. The van der Waals surface area contributed by atoms with E-state index in [1.807, 2.05) is 49.3 Å². The van der Waals surface area contributed by atoms with Crippen LogP contribution in [-0.4, -0.2) is 43.5 Å². The molecule has 0 spiro atoms. The zero-order valence-corrected chi connectivity index (χ0v) is 20.8. The highest BCUT2D eigenvalue weighted by atomic mass is 32.1. The lowest BCUT2D eigenvalue weighted by atomic mass is 10.1. The molecule has 0 aliphatic rings. The summed E-state index contributed by atoms with van der Waals surface area (Å²) in [6, 6.07) is 11.5. The number of likely N-dealkylation sites (N-methyl/N-ethyl adjacent to an activating group) is 1. The van der Waals surface area contributed by atoms with E-state index in [1.165, 1.54) is 18.4 Å². The van der Waals surface area contributed by atoms with Crippen LogP contribution in [-0.2, 0) is 20.9 Å². The highest BCUT2D eigenvalue weighted by Crippen LogP contribution is 2.11. The molecule has 0 bridgehead atoms. The molecule has 1 aromatic heterocycles. The van der Waals surface area contributed by atoms with Crippen molar-refractivity contribution in [2.45, 2.75) is 64.0 Å². The summed E-state index contributed by atoms with van der Waals surface area (Å²) < 4.78 is 5.38. The Morgan fingerprint density at radius 1 is 1.06 bits per heavy atom. The number of unbranched alkanes of at least 4 members (excludes halogenated alkanes) is 5. The van der Waals surface area contributed by atoms with Gasteiger partial charge in [0.05, 0.1) is 12.5 Å². The van der Waals surface area contributed by atoms with E-state index in [4.69, 9.17) is 4.74 Å². The van der Waals surface area contributed by atoms with E-state index in [1.54, 1.807) is 11.3 Å². The van der Waals surface area contributed by atoms with Crippen molar-refractivity contribution in [1.29, 1.82) is 0 Å². The van der Waals surface area contributed by atoms with E-state index in [0.29, 0.717) is 13.0 Å². The lowest BCUT2D eigenvalue weighted by Gasteiger charge is -2.22. The maximum atomic E-state index is 12.4. The Labute approximate surface area is 202 Å².